The molecule has 0 aromatic carbocycles. The Labute approximate surface area is 193 Å². The molecule has 0 fully saturated rings. The second kappa shape index (κ2) is 17.4. The molecule has 0 aromatic heterocycles. The fraction of sp³-hybridized carbons (Fsp3) is 0.913. The lowest BCUT2D eigenvalue weighted by molar-refractivity contribution is -0.184. The Bertz CT molecular complexity index is 560. The highest BCUT2D eigenvalue weighted by molar-refractivity contribution is 7.38. The maximum Gasteiger partial charge on any atom is 0.346 e. The number of carboxylic acid groups (broad SMARTS) is 2. The van der Waals surface area contributed by atoms with Crippen molar-refractivity contribution in [2.75, 3.05) is 0 Å². The second-order valence-electron chi connectivity index (χ2n) is 8.93. The average Bonchev–Trinajstić information content (AvgIpc) is 2.74. The molecule has 0 aromatic rings. The monoisotopic (exact) mass is 477 g/mol. The van der Waals surface area contributed by atoms with Gasteiger partial charge in [0.05, 0.1) is 17.9 Å². The molecule has 1 unspecified atom stereocenters. The van der Waals surface area contributed by atoms with Crippen molar-refractivity contribution in [3.05, 3.63) is 0 Å². The van der Waals surface area contributed by atoms with Gasteiger partial charge in [0, 0.05) is 6.42 Å². The van der Waals surface area contributed by atoms with Crippen LogP contribution in [0.2, 0.25) is 0 Å². The molecule has 0 amide bonds. The lowest BCUT2D eigenvalue weighted by Gasteiger charge is -2.31. The third-order valence-electron chi connectivity index (χ3n) is 6.36. The van der Waals surface area contributed by atoms with Crippen LogP contribution < -0.4 is 10.6 Å². The van der Waals surface area contributed by atoms with Gasteiger partial charge < -0.3 is 25.9 Å². The summed E-state index contributed by atoms with van der Waals surface area (Å²) in [6, 6.07) is -1.60. The maximum absolute atomic E-state index is 11.8. The summed E-state index contributed by atoms with van der Waals surface area (Å²) in [6.45, 7) is 3.77. The van der Waals surface area contributed by atoms with Crippen molar-refractivity contribution < 1.29 is 34.4 Å². The third-order valence-corrected chi connectivity index (χ3v) is 7.47. The fourth-order valence-electron chi connectivity index (χ4n) is 4.09. The van der Waals surface area contributed by atoms with E-state index >= 15 is 0 Å². The molecule has 0 aliphatic heterocycles. The first-order valence-corrected chi connectivity index (χ1v) is 13.4. The van der Waals surface area contributed by atoms with E-state index in [-0.39, 0.29) is 12.8 Å². The zero-order chi connectivity index (χ0) is 24.6. The smallest absolute Gasteiger partial charge is 0.346 e. The normalized spacial score (nSPS) is 16.7. The largest absolute Gasteiger partial charge is 0.593 e. The Morgan fingerprint density at radius 2 is 1.31 bits per heavy atom. The van der Waals surface area contributed by atoms with E-state index in [0.29, 0.717) is 6.42 Å². The van der Waals surface area contributed by atoms with Gasteiger partial charge in [-0.2, -0.15) is 0 Å². The Kier molecular flexibility index (Phi) is 16.8. The van der Waals surface area contributed by atoms with Crippen LogP contribution in [0.5, 0.6) is 0 Å². The number of carboxylic acids is 2. The third kappa shape index (κ3) is 11.7. The van der Waals surface area contributed by atoms with E-state index in [2.05, 4.69) is 6.92 Å². The van der Waals surface area contributed by atoms with Gasteiger partial charge in [0.25, 0.3) is 5.34 Å². The molecule has 32 heavy (non-hydrogen) atoms. The molecule has 0 radical (unpaired) electrons. The Morgan fingerprint density at radius 1 is 0.875 bits per heavy atom. The Morgan fingerprint density at radius 3 is 1.66 bits per heavy atom. The molecular weight excluding hydrogens is 433 g/mol. The summed E-state index contributed by atoms with van der Waals surface area (Å²) in [5, 5.41) is 26.9. The van der Waals surface area contributed by atoms with Gasteiger partial charge >= 0.3 is 20.0 Å². The molecule has 0 bridgehead atoms. The molecule has 0 saturated heterocycles. The van der Waals surface area contributed by atoms with Gasteiger partial charge in [0.15, 0.2) is 0 Å². The van der Waals surface area contributed by atoms with Crippen LogP contribution in [0.15, 0.2) is 0 Å². The van der Waals surface area contributed by atoms with E-state index in [9.17, 15) is 34.4 Å². The predicted molar refractivity (Wildman–Crippen MR) is 123 cm³/mol. The quantitative estimate of drug-likeness (QED) is 0.140. The highest BCUT2D eigenvalue weighted by Gasteiger charge is 2.53. The van der Waals surface area contributed by atoms with E-state index in [0.717, 1.165) is 25.7 Å². The molecular formula is C23H44NO7P. The first kappa shape index (κ1) is 30.9. The summed E-state index contributed by atoms with van der Waals surface area (Å²) in [5.74, 6) is -4.91. The molecule has 9 heteroatoms. The van der Waals surface area contributed by atoms with Crippen molar-refractivity contribution in [1.82, 2.24) is 0 Å². The van der Waals surface area contributed by atoms with Crippen LogP contribution in [0.4, 0.5) is 0 Å². The second-order valence-corrected chi connectivity index (χ2v) is 10.2. The number of carbonyl (C=O) groups is 2. The number of hydrogen-bond donors (Lipinski definition) is 4. The van der Waals surface area contributed by atoms with Gasteiger partial charge in [0.2, 0.25) is 0 Å². The minimum atomic E-state index is -3.54. The van der Waals surface area contributed by atoms with Gasteiger partial charge in [-0.05, 0) is 12.8 Å². The predicted octanol–water partition coefficient (Wildman–Crippen LogP) is 4.40. The summed E-state index contributed by atoms with van der Waals surface area (Å²) >= 11 is 0. The van der Waals surface area contributed by atoms with Crippen LogP contribution in [0.1, 0.15) is 110 Å². The standard InChI is InChI=1S/C23H44NO7P/c1-3-5-6-7-8-9-10-11-12-13-14-15-16-19(22(27)28)20(24)23(29,32(30)31)17-18(4-2)21(25)26/h18-20,29H,3-17,24H2,1-2H3,(H,25,26)(H,27,28)/t18-,19-,20-,23-/m1/s1. The molecule has 0 heterocycles. The van der Waals surface area contributed by atoms with Crippen molar-refractivity contribution >= 4 is 20.0 Å². The number of nitrogens with two attached hydrogens (primary N) is 1. The number of hydrogen-bond acceptors (Lipinski definition) is 6. The minimum absolute atomic E-state index is 0.101. The summed E-state index contributed by atoms with van der Waals surface area (Å²) < 4.78 is 11.8. The zero-order valence-corrected chi connectivity index (χ0v) is 20.7. The van der Waals surface area contributed by atoms with E-state index < -0.39 is 49.6 Å². The zero-order valence-electron chi connectivity index (χ0n) is 19.8. The van der Waals surface area contributed by atoms with Crippen molar-refractivity contribution in [1.29, 1.82) is 0 Å². The lowest BCUT2D eigenvalue weighted by Crippen LogP contribution is -2.54. The minimum Gasteiger partial charge on any atom is -0.593 e. The highest BCUT2D eigenvalue weighted by Crippen LogP contribution is 2.41. The van der Waals surface area contributed by atoms with Crippen LogP contribution in [-0.2, 0) is 14.2 Å². The highest BCUT2D eigenvalue weighted by atomic mass is 31.1. The number of unbranched alkanes of at least 4 members (excludes halogenated alkanes) is 11. The van der Waals surface area contributed by atoms with Crippen molar-refractivity contribution in [2.24, 2.45) is 17.6 Å². The van der Waals surface area contributed by atoms with Gasteiger partial charge in [-0.1, -0.05) is 95.5 Å². The fourth-order valence-corrected chi connectivity index (χ4v) is 4.88. The molecule has 0 spiro atoms. The molecule has 0 aliphatic carbocycles. The lowest BCUT2D eigenvalue weighted by atomic mass is 9.85. The Balaban J connectivity index is 4.50. The van der Waals surface area contributed by atoms with Gasteiger partial charge in [-0.25, -0.2) is 0 Å². The van der Waals surface area contributed by atoms with E-state index in [1.807, 2.05) is 0 Å². The van der Waals surface area contributed by atoms with Crippen molar-refractivity contribution in [3.63, 3.8) is 0 Å². The molecule has 5 atom stereocenters. The molecule has 5 N–H and O–H groups in total. The summed E-state index contributed by atoms with van der Waals surface area (Å²) in [4.78, 5) is 34.8. The first-order valence-electron chi connectivity index (χ1n) is 12.2. The molecule has 0 rings (SSSR count). The van der Waals surface area contributed by atoms with E-state index in [1.54, 1.807) is 6.92 Å². The molecule has 0 saturated carbocycles. The number of aliphatic carboxylic acids is 2. The first-order chi connectivity index (χ1) is 15.1. The van der Waals surface area contributed by atoms with Gasteiger partial charge in [-0.15, -0.1) is 0 Å². The van der Waals surface area contributed by atoms with Crippen LogP contribution in [0.25, 0.3) is 0 Å². The summed E-state index contributed by atoms with van der Waals surface area (Å²) in [5.41, 5.74) is 5.93. The maximum atomic E-state index is 11.8. The van der Waals surface area contributed by atoms with Crippen LogP contribution >= 0.6 is 8.03 Å². The molecule has 188 valence electrons. The molecule has 0 aliphatic rings. The van der Waals surface area contributed by atoms with Gasteiger partial charge in [-0.3, -0.25) is 9.59 Å². The summed E-state index contributed by atoms with van der Waals surface area (Å²) in [7, 11) is -3.54. The Hall–Kier alpha value is -1.08. The van der Waals surface area contributed by atoms with Crippen LogP contribution in [0, 0.1) is 11.8 Å². The van der Waals surface area contributed by atoms with Crippen molar-refractivity contribution in [2.45, 2.75) is 122 Å². The molecule has 8 nitrogen and oxygen atoms in total. The average molecular weight is 478 g/mol. The van der Waals surface area contributed by atoms with E-state index in [4.69, 9.17) is 5.73 Å². The SMILES string of the molecule is CCCCCCCCCCCCCC[C@@H](C(=O)O)[C@@H](N)[C@@](O)(C[C@@H](CC)C(=O)O)[P+](=O)[O-]. The van der Waals surface area contributed by atoms with Crippen molar-refractivity contribution in [3.8, 4) is 0 Å². The topological polar surface area (TPSA) is 161 Å². The van der Waals surface area contributed by atoms with Crippen LogP contribution in [-0.4, -0.2) is 38.6 Å². The summed E-state index contributed by atoms with van der Waals surface area (Å²) in [6.07, 6.45) is 13.1. The number of rotatable bonds is 21. The van der Waals surface area contributed by atoms with Crippen LogP contribution in [0.3, 0.4) is 0 Å². The number of aliphatic hydroxyl groups is 1. The van der Waals surface area contributed by atoms with Gasteiger partial charge in [0.1, 0.15) is 0 Å². The van der Waals surface area contributed by atoms with E-state index in [1.165, 1.54) is 44.9 Å².